The summed E-state index contributed by atoms with van der Waals surface area (Å²) in [6.07, 6.45) is 5.11. The van der Waals surface area contributed by atoms with Crippen LogP contribution < -0.4 is 5.32 Å². The third kappa shape index (κ3) is 3.42. The number of hydrogen-bond donors (Lipinski definition) is 4. The van der Waals surface area contributed by atoms with Gasteiger partial charge in [0.25, 0.3) is 0 Å². The molecule has 9 rings (SSSR count). The zero-order valence-electron chi connectivity index (χ0n) is 22.9. The molecular formula is C38H28N4. The Kier molecular flexibility index (Phi) is 4.99. The van der Waals surface area contributed by atoms with Crippen molar-refractivity contribution in [3.8, 4) is 33.6 Å². The first kappa shape index (κ1) is 23.2. The van der Waals surface area contributed by atoms with Gasteiger partial charge in [-0.1, -0.05) is 109 Å². The van der Waals surface area contributed by atoms with Crippen molar-refractivity contribution in [2.45, 2.75) is 12.5 Å². The molecule has 0 fully saturated rings. The lowest BCUT2D eigenvalue weighted by atomic mass is 9.89. The zero-order valence-corrected chi connectivity index (χ0v) is 22.9. The van der Waals surface area contributed by atoms with Crippen LogP contribution in [0.1, 0.15) is 17.3 Å². The van der Waals surface area contributed by atoms with E-state index in [0.29, 0.717) is 0 Å². The third-order valence-corrected chi connectivity index (χ3v) is 8.90. The lowest BCUT2D eigenvalue weighted by molar-refractivity contribution is 0.804. The van der Waals surface area contributed by atoms with Crippen LogP contribution in [0.15, 0.2) is 128 Å². The maximum atomic E-state index is 4.02. The van der Waals surface area contributed by atoms with Gasteiger partial charge in [0.1, 0.15) is 0 Å². The summed E-state index contributed by atoms with van der Waals surface area (Å²) in [5.41, 5.74) is 12.1. The van der Waals surface area contributed by atoms with Gasteiger partial charge >= 0.3 is 0 Å². The Morgan fingerprint density at radius 1 is 0.571 bits per heavy atom. The molecule has 4 heterocycles. The first-order valence-electron chi connectivity index (χ1n) is 14.5. The van der Waals surface area contributed by atoms with Gasteiger partial charge in [0, 0.05) is 57.5 Å². The summed E-state index contributed by atoms with van der Waals surface area (Å²) in [5, 5.41) is 10.2. The molecule has 1 aliphatic rings. The molecular weight excluding hydrogens is 512 g/mol. The number of nitrogens with one attached hydrogen (secondary N) is 4. The first-order chi connectivity index (χ1) is 20.8. The van der Waals surface area contributed by atoms with E-state index in [4.69, 9.17) is 0 Å². The quantitative estimate of drug-likeness (QED) is 0.176. The molecule has 4 N–H and O–H groups in total. The number of hydrogen-bond acceptors (Lipinski definition) is 1. The van der Waals surface area contributed by atoms with E-state index in [-0.39, 0.29) is 6.04 Å². The Bertz CT molecular complexity index is 2160. The summed E-state index contributed by atoms with van der Waals surface area (Å²) in [6.45, 7) is 0. The van der Waals surface area contributed by atoms with Crippen LogP contribution in [-0.2, 0) is 6.42 Å². The van der Waals surface area contributed by atoms with Gasteiger partial charge in [0.15, 0.2) is 0 Å². The molecule has 5 aromatic carbocycles. The molecule has 1 aliphatic heterocycles. The molecule has 4 heteroatoms. The lowest BCUT2D eigenvalue weighted by Gasteiger charge is -2.17. The van der Waals surface area contributed by atoms with Crippen molar-refractivity contribution in [3.63, 3.8) is 0 Å². The number of benzene rings is 5. The van der Waals surface area contributed by atoms with E-state index < -0.39 is 0 Å². The molecule has 0 aliphatic carbocycles. The van der Waals surface area contributed by atoms with Crippen LogP contribution in [0, 0.1) is 0 Å². The van der Waals surface area contributed by atoms with Crippen LogP contribution in [0.4, 0.5) is 5.69 Å². The minimum atomic E-state index is 0.142. The van der Waals surface area contributed by atoms with Gasteiger partial charge in [-0.15, -0.1) is 0 Å². The van der Waals surface area contributed by atoms with Crippen molar-refractivity contribution in [2.75, 3.05) is 5.32 Å². The van der Waals surface area contributed by atoms with Gasteiger partial charge in [-0.2, -0.15) is 0 Å². The van der Waals surface area contributed by atoms with E-state index in [1.54, 1.807) is 0 Å². The molecule has 0 spiro atoms. The Morgan fingerprint density at radius 3 is 1.95 bits per heavy atom. The van der Waals surface area contributed by atoms with Crippen molar-refractivity contribution >= 4 is 38.1 Å². The molecule has 1 unspecified atom stereocenters. The molecule has 200 valence electrons. The number of anilines is 1. The molecule has 0 saturated heterocycles. The summed E-state index contributed by atoms with van der Waals surface area (Å²) in [5.74, 6) is 0. The highest BCUT2D eigenvalue weighted by Gasteiger charge is 2.32. The SMILES string of the molecule is c1ccc(-c2c3c(c(-c4ccccc4)c4[nH]c(-c5[nH]cc6ccccc56)cc24)CC(c2[nH]cc4ccccc24)N3)cc1. The fraction of sp³-hybridized carbons (Fsp3) is 0.0526. The highest BCUT2D eigenvalue weighted by atomic mass is 15.0. The first-order valence-corrected chi connectivity index (χ1v) is 14.5. The fourth-order valence-corrected chi connectivity index (χ4v) is 7.03. The number of H-pyrrole nitrogens is 3. The predicted molar refractivity (Wildman–Crippen MR) is 175 cm³/mol. The molecule has 3 aromatic heterocycles. The monoisotopic (exact) mass is 540 g/mol. The van der Waals surface area contributed by atoms with Gasteiger partial charge in [-0.3, -0.25) is 0 Å². The predicted octanol–water partition coefficient (Wildman–Crippen LogP) is 9.84. The van der Waals surface area contributed by atoms with Crippen LogP contribution in [0.2, 0.25) is 0 Å². The van der Waals surface area contributed by atoms with E-state index >= 15 is 0 Å². The molecule has 0 radical (unpaired) electrons. The van der Waals surface area contributed by atoms with Crippen LogP contribution in [0.5, 0.6) is 0 Å². The topological polar surface area (TPSA) is 59.4 Å². The largest absolute Gasteiger partial charge is 0.376 e. The van der Waals surface area contributed by atoms with Crippen LogP contribution >= 0.6 is 0 Å². The lowest BCUT2D eigenvalue weighted by Crippen LogP contribution is -2.06. The van der Waals surface area contributed by atoms with E-state index in [1.807, 2.05) is 0 Å². The van der Waals surface area contributed by atoms with Crippen molar-refractivity contribution in [1.29, 1.82) is 0 Å². The molecule has 0 bridgehead atoms. The van der Waals surface area contributed by atoms with E-state index in [9.17, 15) is 0 Å². The van der Waals surface area contributed by atoms with Crippen LogP contribution in [0.25, 0.3) is 66.1 Å². The Morgan fingerprint density at radius 2 is 1.19 bits per heavy atom. The maximum absolute atomic E-state index is 4.02. The molecule has 8 aromatic rings. The van der Waals surface area contributed by atoms with Gasteiger partial charge in [0.2, 0.25) is 0 Å². The second-order valence-electron chi connectivity index (χ2n) is 11.2. The van der Waals surface area contributed by atoms with Gasteiger partial charge in [0.05, 0.1) is 22.9 Å². The average molecular weight is 541 g/mol. The maximum Gasteiger partial charge on any atom is 0.0710 e. The van der Waals surface area contributed by atoms with E-state index in [0.717, 1.165) is 17.8 Å². The minimum absolute atomic E-state index is 0.142. The average Bonchev–Trinajstić information content (AvgIpc) is 3.84. The second kappa shape index (κ2) is 9.02. The normalized spacial score (nSPS) is 14.5. The highest BCUT2D eigenvalue weighted by molar-refractivity contribution is 6.13. The smallest absolute Gasteiger partial charge is 0.0710 e. The van der Waals surface area contributed by atoms with Crippen LogP contribution in [-0.4, -0.2) is 15.0 Å². The number of aromatic nitrogens is 3. The Labute approximate surface area is 243 Å². The van der Waals surface area contributed by atoms with Gasteiger partial charge in [-0.05, 0) is 33.5 Å². The Balaban J connectivity index is 1.34. The molecule has 4 nitrogen and oxygen atoms in total. The summed E-state index contributed by atoms with van der Waals surface area (Å²) in [4.78, 5) is 11.1. The molecule has 1 atom stereocenters. The minimum Gasteiger partial charge on any atom is -0.376 e. The van der Waals surface area contributed by atoms with Crippen molar-refractivity contribution in [1.82, 2.24) is 15.0 Å². The molecule has 0 saturated carbocycles. The summed E-state index contributed by atoms with van der Waals surface area (Å²) < 4.78 is 0. The number of fused-ring (bicyclic) bond motifs is 4. The Hall–Kier alpha value is -5.48. The standard InChI is InChI=1S/C38H28N4/c1-3-11-23(12-4-1)33-29-19-31(35-27-17-9-7-15-25(27)21-39-35)42-38(29)34(24-13-5-2-6-14-24)30-20-32(41-37(30)33)36-28-18-10-8-16-26(28)22-40-36/h1-19,21-22,32,39-42H,20H2. The van der Waals surface area contributed by atoms with Gasteiger partial charge in [-0.25, -0.2) is 0 Å². The van der Waals surface area contributed by atoms with E-state index in [1.165, 1.54) is 71.6 Å². The number of aromatic amines is 3. The summed E-state index contributed by atoms with van der Waals surface area (Å²) in [6, 6.07) is 41.3. The van der Waals surface area contributed by atoms with Gasteiger partial charge < -0.3 is 20.3 Å². The van der Waals surface area contributed by atoms with E-state index in [2.05, 4.69) is 148 Å². The summed E-state index contributed by atoms with van der Waals surface area (Å²) >= 11 is 0. The molecule has 42 heavy (non-hydrogen) atoms. The summed E-state index contributed by atoms with van der Waals surface area (Å²) in [7, 11) is 0. The molecule has 0 amide bonds. The highest BCUT2D eigenvalue weighted by Crippen LogP contribution is 2.51. The zero-order chi connectivity index (χ0) is 27.6. The fourth-order valence-electron chi connectivity index (χ4n) is 7.03. The van der Waals surface area contributed by atoms with Crippen molar-refractivity contribution in [2.24, 2.45) is 0 Å². The third-order valence-electron chi connectivity index (χ3n) is 8.90. The van der Waals surface area contributed by atoms with Crippen molar-refractivity contribution in [3.05, 3.63) is 139 Å². The van der Waals surface area contributed by atoms with Crippen molar-refractivity contribution < 1.29 is 0 Å². The number of rotatable bonds is 4. The second-order valence-corrected chi connectivity index (χ2v) is 11.2. The van der Waals surface area contributed by atoms with Crippen LogP contribution in [0.3, 0.4) is 0 Å².